The van der Waals surface area contributed by atoms with Crippen molar-refractivity contribution in [3.63, 3.8) is 0 Å². The van der Waals surface area contributed by atoms with E-state index in [1.807, 2.05) is 6.07 Å². The molecule has 7 heteroatoms. The molecule has 1 fully saturated rings. The van der Waals surface area contributed by atoms with Crippen molar-refractivity contribution in [2.45, 2.75) is 31.5 Å². The SMILES string of the molecule is CO[C@@H]1CCC[C@H]1Oc1cc(Cl)c(C#N)cc1[N+](=O)[O-]. The van der Waals surface area contributed by atoms with Gasteiger partial charge < -0.3 is 9.47 Å². The lowest BCUT2D eigenvalue weighted by Gasteiger charge is -2.20. The zero-order valence-corrected chi connectivity index (χ0v) is 11.6. The third-order valence-corrected chi connectivity index (χ3v) is 3.65. The monoisotopic (exact) mass is 296 g/mol. The van der Waals surface area contributed by atoms with E-state index in [1.165, 1.54) is 6.07 Å². The summed E-state index contributed by atoms with van der Waals surface area (Å²) in [6.07, 6.45) is 2.26. The highest BCUT2D eigenvalue weighted by atomic mass is 35.5. The van der Waals surface area contributed by atoms with E-state index in [1.54, 1.807) is 7.11 Å². The van der Waals surface area contributed by atoms with Crippen LogP contribution in [-0.2, 0) is 4.74 Å². The number of halogens is 1. The van der Waals surface area contributed by atoms with Gasteiger partial charge in [0.15, 0.2) is 5.75 Å². The standard InChI is InChI=1S/C13H13ClN2O4/c1-19-11-3-2-4-12(11)20-13-6-9(14)8(7-15)5-10(13)16(17)18/h5-6,11-12H,2-4H2,1H3/t11-,12-/m1/s1. The first-order valence-electron chi connectivity index (χ1n) is 6.14. The molecule has 1 aliphatic carbocycles. The average molecular weight is 297 g/mol. The zero-order chi connectivity index (χ0) is 14.7. The van der Waals surface area contributed by atoms with Gasteiger partial charge in [-0.2, -0.15) is 5.26 Å². The Morgan fingerprint density at radius 2 is 2.15 bits per heavy atom. The molecule has 0 radical (unpaired) electrons. The number of benzene rings is 1. The van der Waals surface area contributed by atoms with Gasteiger partial charge in [-0.25, -0.2) is 0 Å². The largest absolute Gasteiger partial charge is 0.481 e. The summed E-state index contributed by atoms with van der Waals surface area (Å²) in [5.41, 5.74) is -0.201. The number of methoxy groups -OCH3 is 1. The molecule has 0 saturated heterocycles. The molecular weight excluding hydrogens is 284 g/mol. The molecule has 2 atom stereocenters. The fourth-order valence-electron chi connectivity index (χ4n) is 2.33. The van der Waals surface area contributed by atoms with Crippen molar-refractivity contribution in [3.05, 3.63) is 32.8 Å². The van der Waals surface area contributed by atoms with Crippen molar-refractivity contribution in [1.82, 2.24) is 0 Å². The number of nitro benzene ring substituents is 1. The molecule has 2 rings (SSSR count). The van der Waals surface area contributed by atoms with Crippen LogP contribution >= 0.6 is 11.6 Å². The van der Waals surface area contributed by atoms with Crippen LogP contribution in [0.4, 0.5) is 5.69 Å². The molecule has 0 N–H and O–H groups in total. The van der Waals surface area contributed by atoms with E-state index in [9.17, 15) is 10.1 Å². The molecule has 0 aliphatic heterocycles. The van der Waals surface area contributed by atoms with Gasteiger partial charge in [-0.1, -0.05) is 11.6 Å². The Morgan fingerprint density at radius 1 is 1.45 bits per heavy atom. The third kappa shape index (κ3) is 2.84. The number of ether oxygens (including phenoxy) is 2. The Morgan fingerprint density at radius 3 is 2.75 bits per heavy atom. The second-order valence-corrected chi connectivity index (χ2v) is 4.94. The molecule has 106 valence electrons. The van der Waals surface area contributed by atoms with Crippen LogP contribution in [0.1, 0.15) is 24.8 Å². The Bertz CT molecular complexity index is 570. The van der Waals surface area contributed by atoms with Gasteiger partial charge in [0.25, 0.3) is 0 Å². The van der Waals surface area contributed by atoms with Crippen molar-refractivity contribution in [1.29, 1.82) is 5.26 Å². The lowest BCUT2D eigenvalue weighted by Crippen LogP contribution is -2.27. The lowest BCUT2D eigenvalue weighted by molar-refractivity contribution is -0.386. The maximum absolute atomic E-state index is 11.1. The zero-order valence-electron chi connectivity index (χ0n) is 10.8. The minimum absolute atomic E-state index is 0.0560. The number of hydrogen-bond donors (Lipinski definition) is 0. The van der Waals surface area contributed by atoms with E-state index >= 15 is 0 Å². The normalized spacial score (nSPS) is 21.4. The molecule has 0 bridgehead atoms. The van der Waals surface area contributed by atoms with Gasteiger partial charge in [-0.3, -0.25) is 10.1 Å². The van der Waals surface area contributed by atoms with Crippen LogP contribution in [0, 0.1) is 21.4 Å². The third-order valence-electron chi connectivity index (χ3n) is 3.34. The molecule has 0 aromatic heterocycles. The van der Waals surface area contributed by atoms with Gasteiger partial charge in [0.1, 0.15) is 12.2 Å². The second-order valence-electron chi connectivity index (χ2n) is 4.53. The number of nitrogens with zero attached hydrogens (tertiary/aromatic N) is 2. The number of rotatable bonds is 4. The predicted octanol–water partition coefficient (Wildman–Crippen LogP) is 3.07. The van der Waals surface area contributed by atoms with Gasteiger partial charge in [0.2, 0.25) is 0 Å². The number of nitriles is 1. The Hall–Kier alpha value is -1.84. The average Bonchev–Trinajstić information content (AvgIpc) is 2.85. The lowest BCUT2D eigenvalue weighted by atomic mass is 10.2. The maximum atomic E-state index is 11.1. The van der Waals surface area contributed by atoms with Crippen molar-refractivity contribution in [3.8, 4) is 11.8 Å². The van der Waals surface area contributed by atoms with Crippen LogP contribution in [0.3, 0.4) is 0 Å². The highest BCUT2D eigenvalue weighted by Gasteiger charge is 2.31. The van der Waals surface area contributed by atoms with Crippen molar-refractivity contribution >= 4 is 17.3 Å². The van der Waals surface area contributed by atoms with Crippen LogP contribution in [-0.4, -0.2) is 24.2 Å². The predicted molar refractivity (Wildman–Crippen MR) is 71.9 cm³/mol. The first-order chi connectivity index (χ1) is 9.56. The van der Waals surface area contributed by atoms with Crippen molar-refractivity contribution < 1.29 is 14.4 Å². The van der Waals surface area contributed by atoms with Crippen molar-refractivity contribution in [2.24, 2.45) is 0 Å². The van der Waals surface area contributed by atoms with Crippen LogP contribution in [0.2, 0.25) is 5.02 Å². The molecule has 0 spiro atoms. The Balaban J connectivity index is 2.33. The summed E-state index contributed by atoms with van der Waals surface area (Å²) >= 11 is 5.91. The molecule has 0 amide bonds. The molecule has 1 saturated carbocycles. The van der Waals surface area contributed by atoms with E-state index in [0.717, 1.165) is 25.3 Å². The summed E-state index contributed by atoms with van der Waals surface area (Å²) < 4.78 is 11.0. The summed E-state index contributed by atoms with van der Waals surface area (Å²) in [6, 6.07) is 4.27. The second kappa shape index (κ2) is 6.07. The summed E-state index contributed by atoms with van der Waals surface area (Å²) in [7, 11) is 1.59. The van der Waals surface area contributed by atoms with Crippen LogP contribution in [0.5, 0.6) is 5.75 Å². The van der Waals surface area contributed by atoms with Crippen LogP contribution < -0.4 is 4.74 Å². The van der Waals surface area contributed by atoms with E-state index in [2.05, 4.69) is 0 Å². The van der Waals surface area contributed by atoms with Crippen LogP contribution in [0.25, 0.3) is 0 Å². The molecule has 20 heavy (non-hydrogen) atoms. The summed E-state index contributed by atoms with van der Waals surface area (Å²) in [5.74, 6) is 0.0768. The first kappa shape index (κ1) is 14.6. The fraction of sp³-hybridized carbons (Fsp3) is 0.462. The van der Waals surface area contributed by atoms with Gasteiger partial charge in [-0.15, -0.1) is 0 Å². The topological polar surface area (TPSA) is 85.4 Å². The molecule has 0 unspecified atom stereocenters. The van der Waals surface area contributed by atoms with Crippen molar-refractivity contribution in [2.75, 3.05) is 7.11 Å². The molecular formula is C13H13ClN2O4. The molecule has 1 aromatic rings. The minimum Gasteiger partial charge on any atom is -0.481 e. The quantitative estimate of drug-likeness (QED) is 0.629. The molecule has 1 aliphatic rings. The first-order valence-corrected chi connectivity index (χ1v) is 6.52. The van der Waals surface area contributed by atoms with Gasteiger partial charge in [0, 0.05) is 19.2 Å². The van der Waals surface area contributed by atoms with Gasteiger partial charge >= 0.3 is 5.69 Å². The number of nitro groups is 1. The van der Waals surface area contributed by atoms with Gasteiger partial charge in [0.05, 0.1) is 21.6 Å². The van der Waals surface area contributed by atoms with Gasteiger partial charge in [-0.05, 0) is 19.3 Å². The Kier molecular flexibility index (Phi) is 4.42. The highest BCUT2D eigenvalue weighted by molar-refractivity contribution is 6.32. The highest BCUT2D eigenvalue weighted by Crippen LogP contribution is 2.36. The smallest absolute Gasteiger partial charge is 0.312 e. The van der Waals surface area contributed by atoms with E-state index in [0.29, 0.717) is 0 Å². The summed E-state index contributed by atoms with van der Waals surface area (Å²) in [4.78, 5) is 10.5. The minimum atomic E-state index is -0.580. The molecule has 0 heterocycles. The molecule has 6 nitrogen and oxygen atoms in total. The maximum Gasteiger partial charge on any atom is 0.312 e. The van der Waals surface area contributed by atoms with Crippen LogP contribution in [0.15, 0.2) is 12.1 Å². The Labute approximate surface area is 121 Å². The summed E-state index contributed by atoms with van der Waals surface area (Å²) in [6.45, 7) is 0. The van der Waals surface area contributed by atoms with E-state index in [-0.39, 0.29) is 34.2 Å². The number of hydrogen-bond acceptors (Lipinski definition) is 5. The van der Waals surface area contributed by atoms with E-state index < -0.39 is 4.92 Å². The molecule has 1 aromatic carbocycles. The fourth-order valence-corrected chi connectivity index (χ4v) is 2.52. The summed E-state index contributed by atoms with van der Waals surface area (Å²) in [5, 5.41) is 20.1. The van der Waals surface area contributed by atoms with E-state index in [4.69, 9.17) is 26.3 Å².